The lowest BCUT2D eigenvalue weighted by atomic mass is 10.1. The van der Waals surface area contributed by atoms with Crippen LogP contribution in [0.15, 0.2) is 81.8 Å². The van der Waals surface area contributed by atoms with Crippen molar-refractivity contribution in [3.63, 3.8) is 0 Å². The second-order valence-corrected chi connectivity index (χ2v) is 6.99. The third kappa shape index (κ3) is 3.50. The van der Waals surface area contributed by atoms with E-state index in [4.69, 9.17) is 4.42 Å². The molecule has 0 aliphatic heterocycles. The molecule has 0 fully saturated rings. The zero-order valence-electron chi connectivity index (χ0n) is 14.8. The second-order valence-electron chi connectivity index (χ2n) is 6.13. The fourth-order valence-corrected chi connectivity index (χ4v) is 3.63. The van der Waals surface area contributed by atoms with E-state index in [1.807, 2.05) is 47.8 Å². The van der Waals surface area contributed by atoms with Crippen molar-refractivity contribution >= 4 is 33.3 Å². The molecule has 4 rings (SSSR count). The van der Waals surface area contributed by atoms with Gasteiger partial charge in [-0.25, -0.2) is 9.78 Å². The van der Waals surface area contributed by atoms with Gasteiger partial charge in [-0.2, -0.15) is 0 Å². The normalized spacial score (nSPS) is 10.7. The number of allylic oxidation sites excluding steroid dienone is 1. The highest BCUT2D eigenvalue weighted by molar-refractivity contribution is 7.14. The average molecular weight is 388 g/mol. The Morgan fingerprint density at radius 3 is 2.79 bits per heavy atom. The van der Waals surface area contributed by atoms with E-state index in [2.05, 4.69) is 16.9 Å². The van der Waals surface area contributed by atoms with Crippen molar-refractivity contribution in [3.05, 3.63) is 94.2 Å². The summed E-state index contributed by atoms with van der Waals surface area (Å²) in [4.78, 5) is 29.4. The number of thiazole rings is 1. The fourth-order valence-electron chi connectivity index (χ4n) is 2.92. The Kier molecular flexibility index (Phi) is 4.87. The van der Waals surface area contributed by atoms with Crippen molar-refractivity contribution in [2.45, 2.75) is 6.42 Å². The molecule has 6 heteroatoms. The quantitative estimate of drug-likeness (QED) is 0.390. The number of amides is 1. The molecule has 0 radical (unpaired) electrons. The molecule has 5 nitrogen and oxygen atoms in total. The van der Waals surface area contributed by atoms with Gasteiger partial charge in [-0.3, -0.25) is 10.1 Å². The minimum atomic E-state index is -0.679. The first-order chi connectivity index (χ1) is 13.7. The molecule has 0 spiro atoms. The highest BCUT2D eigenvalue weighted by Gasteiger charge is 2.16. The molecule has 1 amide bonds. The van der Waals surface area contributed by atoms with Crippen molar-refractivity contribution in [1.29, 1.82) is 0 Å². The van der Waals surface area contributed by atoms with Gasteiger partial charge in [0.25, 0.3) is 5.91 Å². The van der Waals surface area contributed by atoms with Gasteiger partial charge < -0.3 is 4.42 Å². The number of rotatable bonds is 5. The predicted molar refractivity (Wildman–Crippen MR) is 112 cm³/mol. The number of fused-ring (bicyclic) bond motifs is 1. The van der Waals surface area contributed by atoms with Gasteiger partial charge in [0.2, 0.25) is 0 Å². The number of carbonyl (C=O) groups is 1. The van der Waals surface area contributed by atoms with Crippen molar-refractivity contribution in [1.82, 2.24) is 4.98 Å². The van der Waals surface area contributed by atoms with Gasteiger partial charge in [-0.1, -0.05) is 54.6 Å². The molecule has 138 valence electrons. The van der Waals surface area contributed by atoms with E-state index in [1.165, 1.54) is 11.3 Å². The van der Waals surface area contributed by atoms with E-state index < -0.39 is 11.5 Å². The van der Waals surface area contributed by atoms with E-state index in [1.54, 1.807) is 18.2 Å². The molecule has 1 N–H and O–H groups in total. The van der Waals surface area contributed by atoms with Crippen LogP contribution in [0.5, 0.6) is 0 Å². The van der Waals surface area contributed by atoms with Gasteiger partial charge >= 0.3 is 5.63 Å². The van der Waals surface area contributed by atoms with Crippen LogP contribution in [0.4, 0.5) is 5.13 Å². The van der Waals surface area contributed by atoms with E-state index in [0.29, 0.717) is 22.5 Å². The number of carbonyl (C=O) groups excluding carboxylic acids is 1. The molecule has 4 aromatic rings. The Balaban J connectivity index is 1.63. The topological polar surface area (TPSA) is 72.2 Å². The standard InChI is InChI=1S/C22H16N2O3S/c1-2-7-15-10-6-11-16-12-17(21(26)27-19(15)16)20(25)24-22-23-18(13-28-22)14-8-4-3-5-9-14/h2-6,8-13H,1,7H2,(H,23,24,25). The molecule has 0 saturated heterocycles. The largest absolute Gasteiger partial charge is 0.422 e. The van der Waals surface area contributed by atoms with Crippen LogP contribution in [0.1, 0.15) is 15.9 Å². The third-order valence-corrected chi connectivity index (χ3v) is 5.00. The lowest BCUT2D eigenvalue weighted by Crippen LogP contribution is -2.20. The maximum Gasteiger partial charge on any atom is 0.349 e. The SMILES string of the molecule is C=CCc1cccc2cc(C(=O)Nc3nc(-c4ccccc4)cs3)c(=O)oc12. The summed E-state index contributed by atoms with van der Waals surface area (Å²) < 4.78 is 5.43. The van der Waals surface area contributed by atoms with Crippen molar-refractivity contribution in [2.24, 2.45) is 0 Å². The number of aromatic nitrogens is 1. The number of hydrogen-bond donors (Lipinski definition) is 1. The van der Waals surface area contributed by atoms with Crippen LogP contribution in [0, 0.1) is 0 Å². The maximum absolute atomic E-state index is 12.6. The molecule has 2 aromatic heterocycles. The molecule has 0 aliphatic carbocycles. The van der Waals surface area contributed by atoms with Gasteiger partial charge in [0.05, 0.1) is 5.69 Å². The van der Waals surface area contributed by atoms with Gasteiger partial charge in [-0.05, 0) is 18.1 Å². The minimum absolute atomic E-state index is 0.0558. The Hall–Kier alpha value is -3.51. The Labute approximate surface area is 165 Å². The fraction of sp³-hybridized carbons (Fsp3) is 0.0455. The van der Waals surface area contributed by atoms with Crippen LogP contribution in [-0.2, 0) is 6.42 Å². The molecule has 0 bridgehead atoms. The first-order valence-electron chi connectivity index (χ1n) is 8.64. The predicted octanol–water partition coefficient (Wildman–Crippen LogP) is 4.90. The molecule has 2 heterocycles. The molecule has 0 atom stereocenters. The van der Waals surface area contributed by atoms with Gasteiger partial charge in [0.15, 0.2) is 5.13 Å². The van der Waals surface area contributed by atoms with E-state index in [9.17, 15) is 9.59 Å². The summed E-state index contributed by atoms with van der Waals surface area (Å²) in [5.41, 5.74) is 2.31. The lowest BCUT2D eigenvalue weighted by molar-refractivity contribution is 0.102. The molecule has 0 aliphatic rings. The molecule has 0 unspecified atom stereocenters. The Bertz CT molecular complexity index is 1230. The highest BCUT2D eigenvalue weighted by atomic mass is 32.1. The van der Waals surface area contributed by atoms with Crippen LogP contribution >= 0.6 is 11.3 Å². The van der Waals surface area contributed by atoms with Gasteiger partial charge in [0.1, 0.15) is 11.1 Å². The van der Waals surface area contributed by atoms with Crippen molar-refractivity contribution in [3.8, 4) is 11.3 Å². The van der Waals surface area contributed by atoms with Crippen LogP contribution in [0.2, 0.25) is 0 Å². The number of benzene rings is 2. The van der Waals surface area contributed by atoms with Gasteiger partial charge in [-0.15, -0.1) is 17.9 Å². The highest BCUT2D eigenvalue weighted by Crippen LogP contribution is 2.25. The Morgan fingerprint density at radius 1 is 1.18 bits per heavy atom. The molecule has 2 aromatic carbocycles. The van der Waals surface area contributed by atoms with Crippen molar-refractivity contribution < 1.29 is 9.21 Å². The zero-order valence-corrected chi connectivity index (χ0v) is 15.7. The Morgan fingerprint density at radius 2 is 2.00 bits per heavy atom. The van der Waals surface area contributed by atoms with Crippen LogP contribution in [0.25, 0.3) is 22.2 Å². The van der Waals surface area contributed by atoms with E-state index in [0.717, 1.165) is 16.8 Å². The molecule has 0 saturated carbocycles. The summed E-state index contributed by atoms with van der Waals surface area (Å²) in [6, 6.07) is 16.7. The second kappa shape index (κ2) is 7.62. The summed E-state index contributed by atoms with van der Waals surface area (Å²) in [6.45, 7) is 3.71. The van der Waals surface area contributed by atoms with Gasteiger partial charge in [0, 0.05) is 16.3 Å². The number of nitrogens with zero attached hydrogens (tertiary/aromatic N) is 1. The average Bonchev–Trinajstić information content (AvgIpc) is 3.17. The summed E-state index contributed by atoms with van der Waals surface area (Å²) in [5, 5.41) is 5.65. The molecular weight excluding hydrogens is 372 g/mol. The number of nitrogens with one attached hydrogen (secondary N) is 1. The molecular formula is C22H16N2O3S. The summed E-state index contributed by atoms with van der Waals surface area (Å²) >= 11 is 1.30. The van der Waals surface area contributed by atoms with Crippen molar-refractivity contribution in [2.75, 3.05) is 5.32 Å². The first-order valence-corrected chi connectivity index (χ1v) is 9.52. The van der Waals surface area contributed by atoms with Crippen LogP contribution in [-0.4, -0.2) is 10.9 Å². The number of para-hydroxylation sites is 1. The maximum atomic E-state index is 12.6. The zero-order chi connectivity index (χ0) is 19.5. The monoisotopic (exact) mass is 388 g/mol. The van der Waals surface area contributed by atoms with E-state index in [-0.39, 0.29) is 5.56 Å². The molecule has 28 heavy (non-hydrogen) atoms. The number of hydrogen-bond acceptors (Lipinski definition) is 5. The first kappa shape index (κ1) is 17.9. The summed E-state index contributed by atoms with van der Waals surface area (Å²) in [7, 11) is 0. The summed E-state index contributed by atoms with van der Waals surface area (Å²) in [6.07, 6.45) is 2.31. The smallest absolute Gasteiger partial charge is 0.349 e. The minimum Gasteiger partial charge on any atom is -0.422 e. The number of anilines is 1. The van der Waals surface area contributed by atoms with Crippen LogP contribution < -0.4 is 10.9 Å². The summed E-state index contributed by atoms with van der Waals surface area (Å²) in [5.74, 6) is -0.543. The third-order valence-electron chi connectivity index (χ3n) is 4.24. The van der Waals surface area contributed by atoms with Crippen LogP contribution in [0.3, 0.4) is 0 Å². The lowest BCUT2D eigenvalue weighted by Gasteiger charge is -2.05. The van der Waals surface area contributed by atoms with E-state index >= 15 is 0 Å².